The summed E-state index contributed by atoms with van der Waals surface area (Å²) in [6.45, 7) is 1.37. The van der Waals surface area contributed by atoms with Crippen molar-refractivity contribution in [3.8, 4) is 0 Å². The Hall–Kier alpha value is -1.98. The van der Waals surface area contributed by atoms with Crippen molar-refractivity contribution in [3.63, 3.8) is 0 Å². The molecule has 0 aromatic carbocycles. The van der Waals surface area contributed by atoms with Crippen LogP contribution in [0.3, 0.4) is 0 Å². The average molecular weight is 226 g/mol. The van der Waals surface area contributed by atoms with E-state index in [0.717, 1.165) is 17.2 Å². The molecular weight excluding hydrogens is 215 g/mol. The fourth-order valence-electron chi connectivity index (χ4n) is 1.08. The molecule has 0 fully saturated rings. The molecule has 0 aliphatic heterocycles. The van der Waals surface area contributed by atoms with Crippen LogP contribution in [0.5, 0.6) is 0 Å². The number of rotatable bonds is 3. The van der Waals surface area contributed by atoms with Crippen LogP contribution in [-0.2, 0) is 4.79 Å². The Balaban J connectivity index is 2.90. The van der Waals surface area contributed by atoms with E-state index in [0.29, 0.717) is 0 Å². The van der Waals surface area contributed by atoms with Gasteiger partial charge in [0.15, 0.2) is 0 Å². The van der Waals surface area contributed by atoms with Gasteiger partial charge in [-0.1, -0.05) is 0 Å². The second kappa shape index (κ2) is 4.69. The fraction of sp³-hybridized carbons (Fsp3) is 0.300. The molecule has 0 saturated heterocycles. The lowest BCUT2D eigenvalue weighted by molar-refractivity contribution is -0.141. The maximum absolute atomic E-state index is 12.8. The number of pyridine rings is 1. The van der Waals surface area contributed by atoms with E-state index in [-0.39, 0.29) is 5.56 Å². The number of hydrogen-bond donors (Lipinski definition) is 1. The van der Waals surface area contributed by atoms with Crippen LogP contribution < -0.4 is 0 Å². The maximum atomic E-state index is 12.8. The predicted octanol–water partition coefficient (Wildman–Crippen LogP) is 0.766. The van der Waals surface area contributed by atoms with Gasteiger partial charge in [0.2, 0.25) is 5.95 Å². The fourth-order valence-corrected chi connectivity index (χ4v) is 1.08. The topological polar surface area (TPSA) is 70.5 Å². The van der Waals surface area contributed by atoms with Gasteiger partial charge in [-0.2, -0.15) is 4.39 Å². The zero-order valence-electron chi connectivity index (χ0n) is 8.85. The second-order valence-electron chi connectivity index (χ2n) is 3.30. The van der Waals surface area contributed by atoms with Crippen molar-refractivity contribution >= 4 is 11.9 Å². The highest BCUT2D eigenvalue weighted by atomic mass is 19.1. The lowest BCUT2D eigenvalue weighted by Gasteiger charge is -2.21. The second-order valence-corrected chi connectivity index (χ2v) is 3.30. The van der Waals surface area contributed by atoms with Crippen LogP contribution >= 0.6 is 0 Å². The zero-order valence-corrected chi connectivity index (χ0v) is 8.85. The monoisotopic (exact) mass is 226 g/mol. The Kier molecular flexibility index (Phi) is 3.55. The van der Waals surface area contributed by atoms with Crippen LogP contribution in [0, 0.1) is 5.95 Å². The molecule has 0 bridgehead atoms. The van der Waals surface area contributed by atoms with Gasteiger partial charge in [-0.05, 0) is 13.0 Å². The van der Waals surface area contributed by atoms with E-state index in [2.05, 4.69) is 4.98 Å². The summed E-state index contributed by atoms with van der Waals surface area (Å²) >= 11 is 0. The Morgan fingerprint density at radius 1 is 1.56 bits per heavy atom. The summed E-state index contributed by atoms with van der Waals surface area (Å²) in [7, 11) is 1.35. The smallest absolute Gasteiger partial charge is 0.326 e. The van der Waals surface area contributed by atoms with E-state index in [4.69, 9.17) is 5.11 Å². The Bertz CT molecular complexity index is 422. The largest absolute Gasteiger partial charge is 0.480 e. The van der Waals surface area contributed by atoms with Gasteiger partial charge in [-0.15, -0.1) is 0 Å². The first-order valence-electron chi connectivity index (χ1n) is 4.55. The van der Waals surface area contributed by atoms with Crippen molar-refractivity contribution in [2.75, 3.05) is 7.05 Å². The molecule has 1 unspecified atom stereocenters. The summed E-state index contributed by atoms with van der Waals surface area (Å²) < 4.78 is 12.8. The van der Waals surface area contributed by atoms with Crippen LogP contribution in [0.15, 0.2) is 18.3 Å². The molecule has 0 spiro atoms. The molecule has 1 aromatic heterocycles. The highest BCUT2D eigenvalue weighted by molar-refractivity contribution is 5.96. The molecule has 1 heterocycles. The molecular formula is C10H11FN2O3. The van der Waals surface area contributed by atoms with Crippen molar-refractivity contribution in [3.05, 3.63) is 29.8 Å². The van der Waals surface area contributed by atoms with Gasteiger partial charge in [0, 0.05) is 24.9 Å². The molecule has 5 nitrogen and oxygen atoms in total. The quantitative estimate of drug-likeness (QED) is 0.772. The summed E-state index contributed by atoms with van der Waals surface area (Å²) in [5, 5.41) is 8.72. The third kappa shape index (κ3) is 2.53. The van der Waals surface area contributed by atoms with Gasteiger partial charge in [-0.3, -0.25) is 4.79 Å². The van der Waals surface area contributed by atoms with Gasteiger partial charge in [-0.25, -0.2) is 9.78 Å². The summed E-state index contributed by atoms with van der Waals surface area (Å²) in [5.74, 6) is -2.45. The minimum Gasteiger partial charge on any atom is -0.480 e. The average Bonchev–Trinajstić information content (AvgIpc) is 2.26. The number of aliphatic carboxylic acids is 1. The SMILES string of the molecule is CC(C(=O)O)N(C)C(=O)c1ccnc(F)c1. The number of halogens is 1. The van der Waals surface area contributed by atoms with Crippen molar-refractivity contribution in [2.45, 2.75) is 13.0 Å². The van der Waals surface area contributed by atoms with Gasteiger partial charge in [0.25, 0.3) is 5.91 Å². The number of carboxylic acids is 1. The van der Waals surface area contributed by atoms with Crippen LogP contribution in [-0.4, -0.2) is 40.0 Å². The van der Waals surface area contributed by atoms with Gasteiger partial charge in [0.05, 0.1) is 0 Å². The summed E-state index contributed by atoms with van der Waals surface area (Å²) in [6.07, 6.45) is 1.15. The van der Waals surface area contributed by atoms with Gasteiger partial charge in [0.1, 0.15) is 6.04 Å². The molecule has 86 valence electrons. The summed E-state index contributed by atoms with van der Waals surface area (Å²) in [4.78, 5) is 26.7. The number of likely N-dealkylation sites (N-methyl/N-ethyl adjacent to an activating group) is 1. The molecule has 1 aromatic rings. The van der Waals surface area contributed by atoms with E-state index < -0.39 is 23.9 Å². The third-order valence-electron chi connectivity index (χ3n) is 2.23. The maximum Gasteiger partial charge on any atom is 0.326 e. The molecule has 0 radical (unpaired) electrons. The molecule has 6 heteroatoms. The minimum atomic E-state index is -1.12. The minimum absolute atomic E-state index is 0.0723. The van der Waals surface area contributed by atoms with Crippen LogP contribution in [0.1, 0.15) is 17.3 Å². The Labute approximate surface area is 91.5 Å². The van der Waals surface area contributed by atoms with Crippen molar-refractivity contribution in [1.82, 2.24) is 9.88 Å². The number of carbonyl (C=O) groups is 2. The van der Waals surface area contributed by atoms with Crippen LogP contribution in [0.4, 0.5) is 4.39 Å². The normalized spacial score (nSPS) is 11.9. The third-order valence-corrected chi connectivity index (χ3v) is 2.23. The van der Waals surface area contributed by atoms with E-state index >= 15 is 0 Å². The Morgan fingerprint density at radius 2 is 2.19 bits per heavy atom. The van der Waals surface area contributed by atoms with Gasteiger partial charge < -0.3 is 10.0 Å². The molecule has 16 heavy (non-hydrogen) atoms. The number of amides is 1. The standard InChI is InChI=1S/C10H11FN2O3/c1-6(10(15)16)13(2)9(14)7-3-4-12-8(11)5-7/h3-6H,1-2H3,(H,15,16). The van der Waals surface area contributed by atoms with Crippen LogP contribution in [0.25, 0.3) is 0 Å². The molecule has 1 rings (SSSR count). The van der Waals surface area contributed by atoms with Crippen LogP contribution in [0.2, 0.25) is 0 Å². The summed E-state index contributed by atoms with van der Waals surface area (Å²) in [6, 6.07) is 1.33. The van der Waals surface area contributed by atoms with Crippen molar-refractivity contribution < 1.29 is 19.1 Å². The van der Waals surface area contributed by atoms with Gasteiger partial charge >= 0.3 is 5.97 Å². The lowest BCUT2D eigenvalue weighted by Crippen LogP contribution is -2.40. The Morgan fingerprint density at radius 3 is 2.69 bits per heavy atom. The molecule has 1 N–H and O–H groups in total. The molecule has 1 amide bonds. The van der Waals surface area contributed by atoms with E-state index in [1.165, 1.54) is 20.0 Å². The molecule has 1 atom stereocenters. The first-order chi connectivity index (χ1) is 7.43. The first-order valence-corrected chi connectivity index (χ1v) is 4.55. The predicted molar refractivity (Wildman–Crippen MR) is 53.4 cm³/mol. The first kappa shape index (κ1) is 12.1. The number of aromatic nitrogens is 1. The molecule has 0 saturated carbocycles. The molecule has 0 aliphatic rings. The highest BCUT2D eigenvalue weighted by Crippen LogP contribution is 2.07. The number of hydrogen-bond acceptors (Lipinski definition) is 3. The number of carbonyl (C=O) groups excluding carboxylic acids is 1. The van der Waals surface area contributed by atoms with E-state index in [9.17, 15) is 14.0 Å². The number of carboxylic acid groups (broad SMARTS) is 1. The lowest BCUT2D eigenvalue weighted by atomic mass is 10.2. The van der Waals surface area contributed by atoms with E-state index in [1.54, 1.807) is 0 Å². The number of nitrogens with zero attached hydrogens (tertiary/aromatic N) is 2. The molecule has 0 aliphatic carbocycles. The summed E-state index contributed by atoms with van der Waals surface area (Å²) in [5.41, 5.74) is 0.0723. The van der Waals surface area contributed by atoms with E-state index in [1.807, 2.05) is 0 Å². The van der Waals surface area contributed by atoms with Crippen molar-refractivity contribution in [1.29, 1.82) is 0 Å². The van der Waals surface area contributed by atoms with Crippen molar-refractivity contribution in [2.24, 2.45) is 0 Å². The highest BCUT2D eigenvalue weighted by Gasteiger charge is 2.22. The zero-order chi connectivity index (χ0) is 12.3.